The normalized spacial score (nSPS) is 12.6. The number of rotatable bonds is 7. The van der Waals surface area contributed by atoms with Crippen LogP contribution >= 0.6 is 0 Å². The van der Waals surface area contributed by atoms with E-state index in [1.54, 1.807) is 0 Å². The van der Waals surface area contributed by atoms with Crippen LogP contribution in [-0.2, 0) is 5.41 Å². The molecule has 0 unspecified atom stereocenters. The summed E-state index contributed by atoms with van der Waals surface area (Å²) in [5.41, 5.74) is 22.5. The molecule has 0 aliphatic heterocycles. The van der Waals surface area contributed by atoms with Crippen molar-refractivity contribution < 1.29 is 0 Å². The van der Waals surface area contributed by atoms with Gasteiger partial charge in [0.1, 0.15) is 0 Å². The van der Waals surface area contributed by atoms with Gasteiger partial charge in [-0.2, -0.15) is 0 Å². The average Bonchev–Trinajstić information content (AvgIpc) is 3.89. The molecule has 1 spiro atoms. The Kier molecular flexibility index (Phi) is 9.29. The third-order valence-electron chi connectivity index (χ3n) is 14.1. The van der Waals surface area contributed by atoms with Crippen LogP contribution in [0, 0.1) is 6.92 Å². The molecule has 68 heavy (non-hydrogen) atoms. The summed E-state index contributed by atoms with van der Waals surface area (Å²) in [5.74, 6) is 1.86. The Morgan fingerprint density at radius 1 is 0.235 bits per heavy atom. The van der Waals surface area contributed by atoms with Crippen LogP contribution in [0.25, 0.3) is 101 Å². The standard InChI is InChI=1S/C65H43N3/c1-42-56(46-26-12-5-13-27-46)39-50(45-24-10-4-11-25-45)40-57(42)64-67-62(66-63(68-64)51-37-48(43-20-6-2-7-21-43)36-49(38-51)44-22-8-3-9-23-44)47-34-35-55-54-30-16-19-33-60(54)65(61(55)41-47)58-31-17-14-28-52(58)53-29-15-18-32-59(53)65/h2-41H,1H3. The molecular weight excluding hydrogens is 823 g/mol. The van der Waals surface area contributed by atoms with E-state index < -0.39 is 5.41 Å². The van der Waals surface area contributed by atoms with Gasteiger partial charge in [-0.3, -0.25) is 0 Å². The summed E-state index contributed by atoms with van der Waals surface area (Å²) in [6.07, 6.45) is 0. The number of benzene rings is 10. The highest BCUT2D eigenvalue weighted by Gasteiger charge is 2.51. The number of fused-ring (bicyclic) bond motifs is 10. The summed E-state index contributed by atoms with van der Waals surface area (Å²) in [6.45, 7) is 2.20. The molecule has 11 aromatic rings. The molecule has 0 radical (unpaired) electrons. The maximum Gasteiger partial charge on any atom is 0.164 e. The lowest BCUT2D eigenvalue weighted by molar-refractivity contribution is 0.794. The zero-order valence-corrected chi connectivity index (χ0v) is 37.4. The van der Waals surface area contributed by atoms with Gasteiger partial charge in [0, 0.05) is 16.7 Å². The van der Waals surface area contributed by atoms with Crippen LogP contribution in [0.1, 0.15) is 27.8 Å². The molecule has 0 atom stereocenters. The average molecular weight is 866 g/mol. The van der Waals surface area contributed by atoms with Gasteiger partial charge >= 0.3 is 0 Å². The second-order valence-electron chi connectivity index (χ2n) is 17.9. The van der Waals surface area contributed by atoms with Crippen molar-refractivity contribution in [3.05, 3.63) is 270 Å². The number of hydrogen-bond donors (Lipinski definition) is 0. The van der Waals surface area contributed by atoms with E-state index in [0.29, 0.717) is 17.5 Å². The first-order valence-electron chi connectivity index (χ1n) is 23.3. The molecule has 1 aromatic heterocycles. The van der Waals surface area contributed by atoms with Crippen molar-refractivity contribution in [2.45, 2.75) is 12.3 Å². The molecule has 318 valence electrons. The van der Waals surface area contributed by atoms with Gasteiger partial charge in [-0.1, -0.05) is 206 Å². The molecule has 13 rings (SSSR count). The lowest BCUT2D eigenvalue weighted by Gasteiger charge is -2.30. The lowest BCUT2D eigenvalue weighted by atomic mass is 9.70. The van der Waals surface area contributed by atoms with Crippen molar-refractivity contribution in [3.63, 3.8) is 0 Å². The van der Waals surface area contributed by atoms with Gasteiger partial charge in [-0.15, -0.1) is 0 Å². The summed E-state index contributed by atoms with van der Waals surface area (Å²) in [7, 11) is 0. The highest BCUT2D eigenvalue weighted by atomic mass is 15.0. The molecule has 10 aromatic carbocycles. The molecule has 2 aliphatic carbocycles. The predicted molar refractivity (Wildman–Crippen MR) is 279 cm³/mol. The molecule has 0 saturated heterocycles. The maximum atomic E-state index is 5.55. The Morgan fingerprint density at radius 2 is 0.603 bits per heavy atom. The van der Waals surface area contributed by atoms with E-state index in [1.165, 1.54) is 44.5 Å². The Labute approximate surface area is 396 Å². The Balaban J connectivity index is 1.09. The smallest absolute Gasteiger partial charge is 0.164 e. The molecule has 3 nitrogen and oxygen atoms in total. The zero-order valence-electron chi connectivity index (χ0n) is 37.4. The topological polar surface area (TPSA) is 38.7 Å². The lowest BCUT2D eigenvalue weighted by Crippen LogP contribution is -2.25. The quantitative estimate of drug-likeness (QED) is 0.160. The highest BCUT2D eigenvalue weighted by molar-refractivity contribution is 5.96. The first-order valence-corrected chi connectivity index (χ1v) is 23.3. The van der Waals surface area contributed by atoms with Crippen LogP contribution in [0.15, 0.2) is 243 Å². The second-order valence-corrected chi connectivity index (χ2v) is 17.9. The summed E-state index contributed by atoms with van der Waals surface area (Å²) in [6, 6.07) is 87.4. The van der Waals surface area contributed by atoms with Crippen LogP contribution in [0.2, 0.25) is 0 Å². The minimum atomic E-state index is -0.506. The fourth-order valence-corrected chi connectivity index (χ4v) is 11.0. The number of nitrogens with zero attached hydrogens (tertiary/aromatic N) is 3. The summed E-state index contributed by atoms with van der Waals surface area (Å²) >= 11 is 0. The number of aromatic nitrogens is 3. The van der Waals surface area contributed by atoms with E-state index in [0.717, 1.165) is 66.8 Å². The summed E-state index contributed by atoms with van der Waals surface area (Å²) < 4.78 is 0. The molecule has 3 heteroatoms. The van der Waals surface area contributed by atoms with Gasteiger partial charge < -0.3 is 0 Å². The van der Waals surface area contributed by atoms with Crippen LogP contribution in [-0.4, -0.2) is 15.0 Å². The Hall–Kier alpha value is -8.79. The van der Waals surface area contributed by atoms with Gasteiger partial charge in [0.05, 0.1) is 5.41 Å². The SMILES string of the molecule is Cc1c(-c2ccccc2)cc(-c2ccccc2)cc1-c1nc(-c2cc(-c3ccccc3)cc(-c3ccccc3)c2)nc(-c2ccc3c(c2)C2(c4ccccc4-c4ccccc42)c2ccccc2-3)n1. The Bertz CT molecular complexity index is 3610. The van der Waals surface area contributed by atoms with Gasteiger partial charge in [0.15, 0.2) is 17.5 Å². The zero-order chi connectivity index (χ0) is 45.2. The molecule has 0 bridgehead atoms. The highest BCUT2D eigenvalue weighted by Crippen LogP contribution is 2.63. The van der Waals surface area contributed by atoms with Crippen molar-refractivity contribution in [2.24, 2.45) is 0 Å². The van der Waals surface area contributed by atoms with Gasteiger partial charge in [0.2, 0.25) is 0 Å². The fourth-order valence-electron chi connectivity index (χ4n) is 11.0. The third-order valence-corrected chi connectivity index (χ3v) is 14.1. The molecule has 0 fully saturated rings. The summed E-state index contributed by atoms with van der Waals surface area (Å²) in [4.78, 5) is 16.6. The van der Waals surface area contributed by atoms with Crippen molar-refractivity contribution in [3.8, 4) is 101 Å². The van der Waals surface area contributed by atoms with Gasteiger partial charge in [-0.25, -0.2) is 15.0 Å². The van der Waals surface area contributed by atoms with E-state index in [4.69, 9.17) is 15.0 Å². The molecule has 0 amide bonds. The first kappa shape index (κ1) is 39.6. The minimum absolute atomic E-state index is 0.506. The predicted octanol–water partition coefficient (Wildman–Crippen LogP) is 16.2. The van der Waals surface area contributed by atoms with Crippen LogP contribution in [0.4, 0.5) is 0 Å². The van der Waals surface area contributed by atoms with E-state index in [1.807, 2.05) is 0 Å². The minimum Gasteiger partial charge on any atom is -0.208 e. The largest absolute Gasteiger partial charge is 0.208 e. The van der Waals surface area contributed by atoms with Crippen LogP contribution in [0.3, 0.4) is 0 Å². The van der Waals surface area contributed by atoms with Crippen LogP contribution in [0.5, 0.6) is 0 Å². The molecule has 0 N–H and O–H groups in total. The van der Waals surface area contributed by atoms with Gasteiger partial charge in [-0.05, 0) is 138 Å². The van der Waals surface area contributed by atoms with Gasteiger partial charge in [0.25, 0.3) is 0 Å². The Morgan fingerprint density at radius 3 is 1.10 bits per heavy atom. The third kappa shape index (κ3) is 6.31. The molecule has 0 saturated carbocycles. The van der Waals surface area contributed by atoms with Crippen molar-refractivity contribution >= 4 is 0 Å². The van der Waals surface area contributed by atoms with Crippen molar-refractivity contribution in [1.29, 1.82) is 0 Å². The van der Waals surface area contributed by atoms with Crippen molar-refractivity contribution in [2.75, 3.05) is 0 Å². The van der Waals surface area contributed by atoms with Crippen LogP contribution < -0.4 is 0 Å². The molecular formula is C65H43N3. The van der Waals surface area contributed by atoms with E-state index in [2.05, 4.69) is 250 Å². The second kappa shape index (κ2) is 16.0. The summed E-state index contributed by atoms with van der Waals surface area (Å²) in [5, 5.41) is 0. The van der Waals surface area contributed by atoms with Crippen molar-refractivity contribution in [1.82, 2.24) is 15.0 Å². The molecule has 2 aliphatic rings. The van der Waals surface area contributed by atoms with E-state index in [9.17, 15) is 0 Å². The molecule has 1 heterocycles. The number of hydrogen-bond acceptors (Lipinski definition) is 3. The maximum absolute atomic E-state index is 5.55. The van der Waals surface area contributed by atoms with E-state index in [-0.39, 0.29) is 0 Å². The monoisotopic (exact) mass is 865 g/mol. The first-order chi connectivity index (χ1) is 33.6. The fraction of sp³-hybridized carbons (Fsp3) is 0.0308. The van der Waals surface area contributed by atoms with E-state index >= 15 is 0 Å².